The van der Waals surface area contributed by atoms with Crippen molar-refractivity contribution in [1.29, 1.82) is 0 Å². The average molecular weight is 366 g/mol. The lowest BCUT2D eigenvalue weighted by Gasteiger charge is -2.31. The van der Waals surface area contributed by atoms with Crippen LogP contribution in [0.3, 0.4) is 0 Å². The molecule has 2 aliphatic rings. The molecule has 0 atom stereocenters. The van der Waals surface area contributed by atoms with Gasteiger partial charge in [0.15, 0.2) is 0 Å². The number of sulfonamides is 1. The lowest BCUT2D eigenvalue weighted by Crippen LogP contribution is -2.43. The quantitative estimate of drug-likeness (QED) is 0.746. The van der Waals surface area contributed by atoms with Gasteiger partial charge in [-0.05, 0) is 43.0 Å². The number of methoxy groups -OCH3 is 1. The third kappa shape index (κ3) is 3.55. The van der Waals surface area contributed by atoms with Gasteiger partial charge in [0.2, 0.25) is 15.9 Å². The Balaban J connectivity index is 1.71. The number of rotatable bonds is 3. The molecule has 1 saturated heterocycles. The fraction of sp³-hybridized carbons (Fsp3) is 0.529. The summed E-state index contributed by atoms with van der Waals surface area (Å²) >= 11 is 0. The average Bonchev–Trinajstić information content (AvgIpc) is 3.02. The van der Waals surface area contributed by atoms with Crippen molar-refractivity contribution in [1.82, 2.24) is 4.31 Å². The van der Waals surface area contributed by atoms with Gasteiger partial charge in [-0.1, -0.05) is 0 Å². The largest absolute Gasteiger partial charge is 0.465 e. The highest BCUT2D eigenvalue weighted by atomic mass is 32.2. The number of esters is 1. The number of hydrogen-bond acceptors (Lipinski definition) is 5. The molecule has 0 aromatic heterocycles. The van der Waals surface area contributed by atoms with Crippen molar-refractivity contribution in [3.05, 3.63) is 29.3 Å². The zero-order chi connectivity index (χ0) is 18.2. The molecular formula is C17H22N2O5S. The van der Waals surface area contributed by atoms with E-state index >= 15 is 0 Å². The summed E-state index contributed by atoms with van der Waals surface area (Å²) in [6.07, 6.45) is 2.98. The van der Waals surface area contributed by atoms with E-state index in [1.807, 2.05) is 0 Å². The van der Waals surface area contributed by atoms with Gasteiger partial charge in [0.1, 0.15) is 0 Å². The highest BCUT2D eigenvalue weighted by molar-refractivity contribution is 7.88. The fourth-order valence-corrected chi connectivity index (χ4v) is 4.40. The monoisotopic (exact) mass is 366 g/mol. The Morgan fingerprint density at radius 2 is 1.84 bits per heavy atom. The molecule has 136 valence electrons. The predicted molar refractivity (Wildman–Crippen MR) is 93.0 cm³/mol. The van der Waals surface area contributed by atoms with Crippen LogP contribution >= 0.6 is 0 Å². The molecule has 2 aliphatic heterocycles. The summed E-state index contributed by atoms with van der Waals surface area (Å²) in [7, 11) is -1.85. The Hall–Kier alpha value is -1.93. The maximum absolute atomic E-state index is 12.9. The second-order valence-corrected chi connectivity index (χ2v) is 8.49. The van der Waals surface area contributed by atoms with Crippen LogP contribution in [-0.4, -0.2) is 57.6 Å². The van der Waals surface area contributed by atoms with Crippen LogP contribution in [0.1, 0.15) is 28.8 Å². The summed E-state index contributed by atoms with van der Waals surface area (Å²) in [5.41, 5.74) is 2.28. The molecule has 0 saturated carbocycles. The Morgan fingerprint density at radius 3 is 2.44 bits per heavy atom. The van der Waals surface area contributed by atoms with Crippen LogP contribution in [0, 0.1) is 5.92 Å². The second kappa shape index (κ2) is 6.76. The molecule has 0 unspecified atom stereocenters. The SMILES string of the molecule is COC(=O)c1ccc2c(c1)CCN2C(=O)C1CCN(S(C)(=O)=O)CC1. The van der Waals surface area contributed by atoms with E-state index in [0.29, 0.717) is 44.5 Å². The molecule has 0 spiro atoms. The molecular weight excluding hydrogens is 344 g/mol. The summed E-state index contributed by atoms with van der Waals surface area (Å²) in [5.74, 6) is -0.511. The van der Waals surface area contributed by atoms with E-state index in [-0.39, 0.29) is 17.8 Å². The van der Waals surface area contributed by atoms with Crippen LogP contribution in [0.4, 0.5) is 5.69 Å². The molecule has 0 aliphatic carbocycles. The zero-order valence-corrected chi connectivity index (χ0v) is 15.2. The van der Waals surface area contributed by atoms with Gasteiger partial charge in [-0.15, -0.1) is 0 Å². The van der Waals surface area contributed by atoms with E-state index in [4.69, 9.17) is 4.74 Å². The summed E-state index contributed by atoms with van der Waals surface area (Å²) in [5, 5.41) is 0. The van der Waals surface area contributed by atoms with Gasteiger partial charge in [0.05, 0.1) is 18.9 Å². The van der Waals surface area contributed by atoms with Gasteiger partial charge in [-0.3, -0.25) is 4.79 Å². The molecule has 0 bridgehead atoms. The van der Waals surface area contributed by atoms with E-state index in [9.17, 15) is 18.0 Å². The van der Waals surface area contributed by atoms with Crippen molar-refractivity contribution in [3.63, 3.8) is 0 Å². The summed E-state index contributed by atoms with van der Waals surface area (Å²) < 4.78 is 29.3. The number of amides is 1. The van der Waals surface area contributed by atoms with Gasteiger partial charge in [0, 0.05) is 31.2 Å². The predicted octanol–water partition coefficient (Wildman–Crippen LogP) is 1.03. The number of ether oxygens (including phenoxy) is 1. The van der Waals surface area contributed by atoms with Crippen molar-refractivity contribution in [2.24, 2.45) is 5.92 Å². The van der Waals surface area contributed by atoms with Gasteiger partial charge >= 0.3 is 5.97 Å². The van der Waals surface area contributed by atoms with Gasteiger partial charge in [-0.2, -0.15) is 0 Å². The molecule has 1 aromatic rings. The zero-order valence-electron chi connectivity index (χ0n) is 14.4. The third-order valence-electron chi connectivity index (χ3n) is 4.93. The Labute approximate surface area is 147 Å². The molecule has 1 aromatic carbocycles. The minimum atomic E-state index is -3.19. The first kappa shape index (κ1) is 17.9. The van der Waals surface area contributed by atoms with Crippen LogP contribution in [0.15, 0.2) is 18.2 Å². The Kier molecular flexibility index (Phi) is 4.83. The van der Waals surface area contributed by atoms with Crippen LogP contribution in [0.2, 0.25) is 0 Å². The fourth-order valence-electron chi connectivity index (χ4n) is 3.53. The third-order valence-corrected chi connectivity index (χ3v) is 6.24. The van der Waals surface area contributed by atoms with Crippen LogP contribution in [-0.2, 0) is 26.0 Å². The molecule has 0 N–H and O–H groups in total. The van der Waals surface area contributed by atoms with Crippen LogP contribution in [0.25, 0.3) is 0 Å². The normalized spacial score (nSPS) is 18.9. The summed E-state index contributed by atoms with van der Waals surface area (Å²) in [6, 6.07) is 5.24. The lowest BCUT2D eigenvalue weighted by atomic mass is 9.96. The van der Waals surface area contributed by atoms with Crippen molar-refractivity contribution >= 4 is 27.6 Å². The Bertz CT molecular complexity index is 797. The first-order valence-corrected chi connectivity index (χ1v) is 10.1. The van der Waals surface area contributed by atoms with E-state index < -0.39 is 10.0 Å². The maximum atomic E-state index is 12.9. The first-order valence-electron chi connectivity index (χ1n) is 8.29. The smallest absolute Gasteiger partial charge is 0.337 e. The number of nitrogens with zero attached hydrogens (tertiary/aromatic N) is 2. The number of fused-ring (bicyclic) bond motifs is 1. The topological polar surface area (TPSA) is 84.0 Å². The van der Waals surface area contributed by atoms with Gasteiger partial charge in [-0.25, -0.2) is 17.5 Å². The molecule has 25 heavy (non-hydrogen) atoms. The van der Waals surface area contributed by atoms with Gasteiger partial charge in [0.25, 0.3) is 0 Å². The van der Waals surface area contributed by atoms with Crippen molar-refractivity contribution < 1.29 is 22.7 Å². The molecule has 1 fully saturated rings. The summed E-state index contributed by atoms with van der Waals surface area (Å²) in [4.78, 5) is 26.3. The molecule has 3 rings (SSSR count). The molecule has 1 amide bonds. The van der Waals surface area contributed by atoms with Crippen molar-refractivity contribution in [2.45, 2.75) is 19.3 Å². The van der Waals surface area contributed by atoms with Gasteiger partial charge < -0.3 is 9.64 Å². The highest BCUT2D eigenvalue weighted by Crippen LogP contribution is 2.32. The standard InChI is InChI=1S/C17H22N2O5S/c1-24-17(21)14-3-4-15-13(11-14)7-10-19(15)16(20)12-5-8-18(9-6-12)25(2,22)23/h3-4,11-12H,5-10H2,1-2H3. The van der Waals surface area contributed by atoms with Crippen LogP contribution < -0.4 is 4.90 Å². The molecule has 0 radical (unpaired) electrons. The van der Waals surface area contributed by atoms with Crippen LogP contribution in [0.5, 0.6) is 0 Å². The minimum Gasteiger partial charge on any atom is -0.465 e. The van der Waals surface area contributed by atoms with E-state index in [1.54, 1.807) is 23.1 Å². The molecule has 7 nitrogen and oxygen atoms in total. The van der Waals surface area contributed by atoms with E-state index in [2.05, 4.69) is 0 Å². The minimum absolute atomic E-state index is 0.0396. The lowest BCUT2D eigenvalue weighted by molar-refractivity contribution is -0.123. The number of anilines is 1. The molecule has 2 heterocycles. The first-order chi connectivity index (χ1) is 11.8. The number of piperidine rings is 1. The second-order valence-electron chi connectivity index (χ2n) is 6.51. The highest BCUT2D eigenvalue weighted by Gasteiger charge is 2.34. The van der Waals surface area contributed by atoms with E-state index in [0.717, 1.165) is 11.3 Å². The van der Waals surface area contributed by atoms with Crippen molar-refractivity contribution in [2.75, 3.05) is 37.9 Å². The number of carbonyl (C=O) groups excluding carboxylic acids is 2. The van der Waals surface area contributed by atoms with Crippen molar-refractivity contribution in [3.8, 4) is 0 Å². The summed E-state index contributed by atoms with van der Waals surface area (Å²) in [6.45, 7) is 1.36. The maximum Gasteiger partial charge on any atom is 0.337 e. The number of hydrogen-bond donors (Lipinski definition) is 0. The van der Waals surface area contributed by atoms with E-state index in [1.165, 1.54) is 17.7 Å². The number of carbonyl (C=O) groups is 2. The Morgan fingerprint density at radius 1 is 1.16 bits per heavy atom. The molecule has 8 heteroatoms. The number of benzene rings is 1.